The van der Waals surface area contributed by atoms with E-state index in [0.717, 1.165) is 24.0 Å². The molecule has 1 unspecified atom stereocenters. The molecule has 4 heteroatoms. The summed E-state index contributed by atoms with van der Waals surface area (Å²) in [6, 6.07) is 12.6. The third kappa shape index (κ3) is 3.16. The minimum absolute atomic E-state index is 0.0271. The second-order valence-corrected chi connectivity index (χ2v) is 7.57. The summed E-state index contributed by atoms with van der Waals surface area (Å²) in [5, 5.41) is 20.2. The Balaban J connectivity index is 1.71. The summed E-state index contributed by atoms with van der Waals surface area (Å²) in [5.41, 5.74) is 2.42. The minimum atomic E-state index is 0.0271. The lowest BCUT2D eigenvalue weighted by Gasteiger charge is -2.43. The average molecular weight is 351 g/mol. The van der Waals surface area contributed by atoms with Crippen molar-refractivity contribution >= 4 is 5.91 Å². The summed E-state index contributed by atoms with van der Waals surface area (Å²) < 4.78 is 0. The smallest absolute Gasteiger partial charge is 0.254 e. The largest absolute Gasteiger partial charge is 0.508 e. The van der Waals surface area contributed by atoms with Crippen LogP contribution in [0.4, 0.5) is 0 Å². The molecule has 4 nitrogen and oxygen atoms in total. The van der Waals surface area contributed by atoms with Crippen LogP contribution in [0.5, 0.6) is 11.5 Å². The van der Waals surface area contributed by atoms with Gasteiger partial charge >= 0.3 is 0 Å². The molecule has 1 saturated carbocycles. The maximum absolute atomic E-state index is 13.2. The molecule has 1 amide bonds. The second kappa shape index (κ2) is 7.02. The van der Waals surface area contributed by atoms with Gasteiger partial charge in [-0.2, -0.15) is 0 Å². The third-order valence-electron chi connectivity index (χ3n) is 5.94. The van der Waals surface area contributed by atoms with Crippen molar-refractivity contribution in [2.45, 2.75) is 51.1 Å². The molecule has 136 valence electrons. The number of amides is 1. The Labute approximate surface area is 154 Å². The number of fused-ring (bicyclic) bond motifs is 1. The zero-order valence-corrected chi connectivity index (χ0v) is 14.9. The molecule has 2 N–H and O–H groups in total. The quantitative estimate of drug-likeness (QED) is 0.850. The summed E-state index contributed by atoms with van der Waals surface area (Å²) in [5.74, 6) is 0.674. The molecular formula is C22H25NO3. The molecular weight excluding hydrogens is 326 g/mol. The van der Waals surface area contributed by atoms with E-state index in [4.69, 9.17) is 0 Å². The van der Waals surface area contributed by atoms with Crippen molar-refractivity contribution < 1.29 is 15.0 Å². The summed E-state index contributed by atoms with van der Waals surface area (Å²) in [6.45, 7) is 0.399. The zero-order chi connectivity index (χ0) is 18.1. The first kappa shape index (κ1) is 17.0. The van der Waals surface area contributed by atoms with Crippen molar-refractivity contribution in [3.8, 4) is 11.5 Å². The van der Waals surface area contributed by atoms with E-state index in [2.05, 4.69) is 0 Å². The Kier molecular flexibility index (Phi) is 4.58. The lowest BCUT2D eigenvalue weighted by atomic mass is 9.78. The highest BCUT2D eigenvalue weighted by Gasteiger charge is 2.37. The van der Waals surface area contributed by atoms with E-state index in [9.17, 15) is 15.0 Å². The van der Waals surface area contributed by atoms with E-state index in [0.29, 0.717) is 24.4 Å². The molecule has 1 heterocycles. The first-order valence-corrected chi connectivity index (χ1v) is 9.53. The van der Waals surface area contributed by atoms with E-state index in [1.54, 1.807) is 6.07 Å². The average Bonchev–Trinajstić information content (AvgIpc) is 2.68. The fraction of sp³-hybridized carbons (Fsp3) is 0.409. The van der Waals surface area contributed by atoms with Gasteiger partial charge in [0.25, 0.3) is 5.91 Å². The van der Waals surface area contributed by atoms with Crippen LogP contribution < -0.4 is 0 Å². The van der Waals surface area contributed by atoms with Crippen LogP contribution in [0.2, 0.25) is 0 Å². The number of phenolic OH excluding ortho intramolecular Hbond substituents is 2. The Morgan fingerprint density at radius 3 is 2.46 bits per heavy atom. The zero-order valence-electron chi connectivity index (χ0n) is 14.9. The van der Waals surface area contributed by atoms with Gasteiger partial charge in [0.2, 0.25) is 0 Å². The SMILES string of the molecule is O=C(c1ccccc1)N1Cc2c(O)cc(O)cc2CC1C1CCCCC1. The lowest BCUT2D eigenvalue weighted by Crippen LogP contribution is -2.48. The number of carbonyl (C=O) groups excluding carboxylic acids is 1. The minimum Gasteiger partial charge on any atom is -0.508 e. The molecule has 4 rings (SSSR count). The molecule has 0 aromatic heterocycles. The van der Waals surface area contributed by atoms with E-state index >= 15 is 0 Å². The fourth-order valence-electron chi connectivity index (χ4n) is 4.60. The highest BCUT2D eigenvalue weighted by atomic mass is 16.3. The van der Waals surface area contributed by atoms with Gasteiger partial charge < -0.3 is 15.1 Å². The van der Waals surface area contributed by atoms with E-state index in [1.165, 1.54) is 25.3 Å². The van der Waals surface area contributed by atoms with Gasteiger partial charge in [-0.15, -0.1) is 0 Å². The Hall–Kier alpha value is -2.49. The molecule has 0 spiro atoms. The molecule has 2 aliphatic rings. The second-order valence-electron chi connectivity index (χ2n) is 7.57. The summed E-state index contributed by atoms with van der Waals surface area (Å²) in [6.07, 6.45) is 6.68. The molecule has 1 aliphatic heterocycles. The Morgan fingerprint density at radius 2 is 1.73 bits per heavy atom. The molecule has 2 aromatic carbocycles. The van der Waals surface area contributed by atoms with Crippen LogP contribution >= 0.6 is 0 Å². The van der Waals surface area contributed by atoms with Gasteiger partial charge in [-0.25, -0.2) is 0 Å². The summed E-state index contributed by atoms with van der Waals surface area (Å²) in [4.78, 5) is 15.2. The van der Waals surface area contributed by atoms with Gasteiger partial charge in [0.05, 0.1) is 6.54 Å². The van der Waals surface area contributed by atoms with Crippen molar-refractivity contribution in [1.29, 1.82) is 0 Å². The van der Waals surface area contributed by atoms with Crippen molar-refractivity contribution in [2.24, 2.45) is 5.92 Å². The number of aromatic hydroxyl groups is 2. The van der Waals surface area contributed by atoms with Gasteiger partial charge in [-0.3, -0.25) is 4.79 Å². The van der Waals surface area contributed by atoms with Gasteiger partial charge in [0.15, 0.2) is 0 Å². The van der Waals surface area contributed by atoms with E-state index in [-0.39, 0.29) is 23.4 Å². The lowest BCUT2D eigenvalue weighted by molar-refractivity contribution is 0.0511. The number of carbonyl (C=O) groups is 1. The summed E-state index contributed by atoms with van der Waals surface area (Å²) >= 11 is 0. The Morgan fingerprint density at radius 1 is 1.00 bits per heavy atom. The predicted molar refractivity (Wildman–Crippen MR) is 100 cm³/mol. The van der Waals surface area contributed by atoms with Gasteiger partial charge in [0, 0.05) is 23.2 Å². The van der Waals surface area contributed by atoms with E-state index in [1.807, 2.05) is 35.2 Å². The van der Waals surface area contributed by atoms with E-state index < -0.39 is 0 Å². The normalized spacial score (nSPS) is 20.6. The van der Waals surface area contributed by atoms with Crippen LogP contribution in [0.25, 0.3) is 0 Å². The van der Waals surface area contributed by atoms with Gasteiger partial charge in [-0.1, -0.05) is 37.5 Å². The predicted octanol–water partition coefficient (Wildman–Crippen LogP) is 4.25. The van der Waals surface area contributed by atoms with Crippen molar-refractivity contribution in [3.05, 3.63) is 59.2 Å². The maximum atomic E-state index is 13.2. The third-order valence-corrected chi connectivity index (χ3v) is 5.94. The molecule has 0 bridgehead atoms. The molecule has 1 atom stereocenters. The first-order chi connectivity index (χ1) is 12.6. The van der Waals surface area contributed by atoms with Crippen LogP contribution in [-0.4, -0.2) is 27.1 Å². The number of rotatable bonds is 2. The standard InChI is InChI=1S/C22H25NO3/c24-18-11-17-12-20(15-7-3-1-4-8-15)23(14-19(17)21(25)13-18)22(26)16-9-5-2-6-10-16/h2,5-6,9-11,13,15,20,24-25H,1,3-4,7-8,12,14H2. The summed E-state index contributed by atoms with van der Waals surface area (Å²) in [7, 11) is 0. The van der Waals surface area contributed by atoms with Gasteiger partial charge in [-0.05, 0) is 48.9 Å². The topological polar surface area (TPSA) is 60.8 Å². The van der Waals surface area contributed by atoms with Gasteiger partial charge in [0.1, 0.15) is 11.5 Å². The molecule has 26 heavy (non-hydrogen) atoms. The molecule has 0 saturated heterocycles. The monoisotopic (exact) mass is 351 g/mol. The number of hydrogen-bond donors (Lipinski definition) is 2. The maximum Gasteiger partial charge on any atom is 0.254 e. The highest BCUT2D eigenvalue weighted by Crippen LogP contribution is 2.39. The molecule has 2 aromatic rings. The highest BCUT2D eigenvalue weighted by molar-refractivity contribution is 5.94. The van der Waals surface area contributed by atoms with Crippen molar-refractivity contribution in [1.82, 2.24) is 4.90 Å². The van der Waals surface area contributed by atoms with Crippen LogP contribution in [0.1, 0.15) is 53.6 Å². The Bertz CT molecular complexity index is 797. The van der Waals surface area contributed by atoms with Crippen molar-refractivity contribution in [2.75, 3.05) is 0 Å². The van der Waals surface area contributed by atoms with Crippen LogP contribution in [-0.2, 0) is 13.0 Å². The number of benzene rings is 2. The number of nitrogens with zero attached hydrogens (tertiary/aromatic N) is 1. The number of hydrogen-bond acceptors (Lipinski definition) is 3. The van der Waals surface area contributed by atoms with Crippen LogP contribution in [0, 0.1) is 5.92 Å². The van der Waals surface area contributed by atoms with Crippen LogP contribution in [0.3, 0.4) is 0 Å². The molecule has 1 fully saturated rings. The van der Waals surface area contributed by atoms with Crippen molar-refractivity contribution in [3.63, 3.8) is 0 Å². The number of phenols is 2. The molecule has 0 radical (unpaired) electrons. The first-order valence-electron chi connectivity index (χ1n) is 9.53. The fourth-order valence-corrected chi connectivity index (χ4v) is 4.60. The molecule has 1 aliphatic carbocycles. The van der Waals surface area contributed by atoms with Crippen LogP contribution in [0.15, 0.2) is 42.5 Å².